The molecule has 162 valence electrons. The van der Waals surface area contributed by atoms with Crippen LogP contribution in [0.15, 0.2) is 72.7 Å². The van der Waals surface area contributed by atoms with Gasteiger partial charge in [-0.25, -0.2) is 0 Å². The van der Waals surface area contributed by atoms with Gasteiger partial charge in [0.2, 0.25) is 0 Å². The maximum atomic E-state index is 13.4. The van der Waals surface area contributed by atoms with Crippen LogP contribution in [0, 0.1) is 0 Å². The standard InChI is InChI=1S/C24H20ClN3O4/c1-31-18-8-5-16(6-9-18)21-22(27-17-7-10-20(32-2)19(25)12-17)24(30)28(23(21)29)14-15-4-3-11-26-13-15/h3-13,27H,14H2,1-2H3. The van der Waals surface area contributed by atoms with E-state index >= 15 is 0 Å². The number of carbonyl (C=O) groups excluding carboxylic acids is 2. The molecule has 0 saturated carbocycles. The Morgan fingerprint density at radius 3 is 2.41 bits per heavy atom. The molecule has 0 atom stereocenters. The zero-order valence-corrected chi connectivity index (χ0v) is 18.2. The lowest BCUT2D eigenvalue weighted by molar-refractivity contribution is -0.137. The number of amides is 2. The van der Waals surface area contributed by atoms with Gasteiger partial charge in [-0.3, -0.25) is 19.5 Å². The molecule has 4 rings (SSSR count). The minimum Gasteiger partial charge on any atom is -0.497 e. The second-order valence-corrected chi connectivity index (χ2v) is 7.42. The van der Waals surface area contributed by atoms with Crippen LogP contribution >= 0.6 is 11.6 Å². The Morgan fingerprint density at radius 1 is 1.00 bits per heavy atom. The highest BCUT2D eigenvalue weighted by Gasteiger charge is 2.39. The zero-order chi connectivity index (χ0) is 22.7. The third-order valence-electron chi connectivity index (χ3n) is 5.03. The van der Waals surface area contributed by atoms with E-state index in [4.69, 9.17) is 21.1 Å². The molecule has 1 aromatic heterocycles. The van der Waals surface area contributed by atoms with Crippen molar-refractivity contribution in [2.24, 2.45) is 0 Å². The molecule has 1 N–H and O–H groups in total. The molecule has 1 aliphatic rings. The van der Waals surface area contributed by atoms with E-state index in [0.29, 0.717) is 27.8 Å². The lowest BCUT2D eigenvalue weighted by Crippen LogP contribution is -2.32. The minimum absolute atomic E-state index is 0.111. The number of halogens is 1. The molecule has 2 amide bonds. The summed E-state index contributed by atoms with van der Waals surface area (Å²) in [5, 5.41) is 3.47. The Bertz CT molecular complexity index is 1190. The van der Waals surface area contributed by atoms with Gasteiger partial charge >= 0.3 is 0 Å². The van der Waals surface area contributed by atoms with Crippen LogP contribution in [0.2, 0.25) is 5.02 Å². The van der Waals surface area contributed by atoms with Gasteiger partial charge in [-0.1, -0.05) is 29.8 Å². The van der Waals surface area contributed by atoms with Crippen molar-refractivity contribution < 1.29 is 19.1 Å². The molecule has 0 spiro atoms. The van der Waals surface area contributed by atoms with Crippen molar-refractivity contribution in [3.63, 3.8) is 0 Å². The fraction of sp³-hybridized carbons (Fsp3) is 0.125. The molecule has 0 aliphatic carbocycles. The van der Waals surface area contributed by atoms with Crippen molar-refractivity contribution in [3.8, 4) is 11.5 Å². The molecule has 0 bridgehead atoms. The van der Waals surface area contributed by atoms with Crippen LogP contribution < -0.4 is 14.8 Å². The predicted molar refractivity (Wildman–Crippen MR) is 121 cm³/mol. The fourth-order valence-electron chi connectivity index (χ4n) is 3.42. The van der Waals surface area contributed by atoms with E-state index in [1.165, 1.54) is 12.0 Å². The van der Waals surface area contributed by atoms with Gasteiger partial charge in [0, 0.05) is 18.1 Å². The molecule has 1 aliphatic heterocycles. The predicted octanol–water partition coefficient (Wildman–Crippen LogP) is 4.14. The highest BCUT2D eigenvalue weighted by Crippen LogP contribution is 2.34. The number of nitrogens with zero attached hydrogens (tertiary/aromatic N) is 2. The highest BCUT2D eigenvalue weighted by molar-refractivity contribution is 6.36. The number of nitrogens with one attached hydrogen (secondary N) is 1. The second kappa shape index (κ2) is 9.11. The summed E-state index contributed by atoms with van der Waals surface area (Å²) >= 11 is 6.24. The molecule has 2 aromatic carbocycles. The van der Waals surface area contributed by atoms with Crippen LogP contribution in [-0.4, -0.2) is 35.9 Å². The monoisotopic (exact) mass is 449 g/mol. The average Bonchev–Trinajstić information content (AvgIpc) is 3.04. The van der Waals surface area contributed by atoms with Gasteiger partial charge in [-0.2, -0.15) is 0 Å². The van der Waals surface area contributed by atoms with Crippen LogP contribution in [0.5, 0.6) is 11.5 Å². The van der Waals surface area contributed by atoms with E-state index in [1.54, 1.807) is 68.0 Å². The number of anilines is 1. The van der Waals surface area contributed by atoms with Gasteiger partial charge in [0.25, 0.3) is 11.8 Å². The largest absolute Gasteiger partial charge is 0.497 e. The van der Waals surface area contributed by atoms with Crippen molar-refractivity contribution >= 4 is 34.7 Å². The maximum Gasteiger partial charge on any atom is 0.278 e. The first-order chi connectivity index (χ1) is 15.5. The molecule has 8 heteroatoms. The second-order valence-electron chi connectivity index (χ2n) is 7.01. The van der Waals surface area contributed by atoms with E-state index in [-0.39, 0.29) is 17.8 Å². The summed E-state index contributed by atoms with van der Waals surface area (Å²) in [6.45, 7) is 0.111. The summed E-state index contributed by atoms with van der Waals surface area (Å²) in [5.74, 6) is 0.325. The van der Waals surface area contributed by atoms with Gasteiger partial charge in [0.05, 0.1) is 31.4 Å². The SMILES string of the molecule is COc1ccc(C2=C(Nc3ccc(OC)c(Cl)c3)C(=O)N(Cc3cccnc3)C2=O)cc1. The summed E-state index contributed by atoms with van der Waals surface area (Å²) < 4.78 is 10.4. The first-order valence-corrected chi connectivity index (χ1v) is 10.1. The van der Waals surface area contributed by atoms with Crippen LogP contribution in [0.3, 0.4) is 0 Å². The Balaban J connectivity index is 1.74. The summed E-state index contributed by atoms with van der Waals surface area (Å²) in [7, 11) is 3.09. The number of methoxy groups -OCH3 is 2. The topological polar surface area (TPSA) is 80.8 Å². The normalized spacial score (nSPS) is 13.5. The molecule has 2 heterocycles. The molecule has 3 aromatic rings. The van der Waals surface area contributed by atoms with Gasteiger partial charge in [0.15, 0.2) is 0 Å². The van der Waals surface area contributed by atoms with Gasteiger partial charge in [-0.15, -0.1) is 0 Å². The number of rotatable bonds is 7. The quantitative estimate of drug-likeness (QED) is 0.546. The number of aromatic nitrogens is 1. The molecule has 7 nitrogen and oxygen atoms in total. The Kier molecular flexibility index (Phi) is 6.09. The van der Waals surface area contributed by atoms with Crippen molar-refractivity contribution in [1.29, 1.82) is 0 Å². The third kappa shape index (κ3) is 4.15. The molecular formula is C24H20ClN3O4. The highest BCUT2D eigenvalue weighted by atomic mass is 35.5. The summed E-state index contributed by atoms with van der Waals surface area (Å²) in [6.07, 6.45) is 3.26. The lowest BCUT2D eigenvalue weighted by Gasteiger charge is -2.15. The summed E-state index contributed by atoms with van der Waals surface area (Å²) in [4.78, 5) is 31.9. The number of benzene rings is 2. The Labute approximate surface area is 190 Å². The minimum atomic E-state index is -0.434. The van der Waals surface area contributed by atoms with Crippen molar-refractivity contribution in [2.45, 2.75) is 6.54 Å². The van der Waals surface area contributed by atoms with Crippen LogP contribution in [-0.2, 0) is 16.1 Å². The van der Waals surface area contributed by atoms with Crippen molar-refractivity contribution in [1.82, 2.24) is 9.88 Å². The molecule has 0 fully saturated rings. The first kappa shape index (κ1) is 21.4. The van der Waals surface area contributed by atoms with Crippen molar-refractivity contribution in [3.05, 3.63) is 88.8 Å². The zero-order valence-electron chi connectivity index (χ0n) is 17.5. The number of hydrogen-bond acceptors (Lipinski definition) is 6. The molecule has 0 radical (unpaired) electrons. The number of hydrogen-bond donors (Lipinski definition) is 1. The van der Waals surface area contributed by atoms with Gasteiger partial charge in [0.1, 0.15) is 17.2 Å². The number of pyridine rings is 1. The molecule has 32 heavy (non-hydrogen) atoms. The Hall–Kier alpha value is -3.84. The van der Waals surface area contributed by atoms with Crippen LogP contribution in [0.1, 0.15) is 11.1 Å². The van der Waals surface area contributed by atoms with E-state index in [2.05, 4.69) is 10.3 Å². The van der Waals surface area contributed by atoms with E-state index in [0.717, 1.165) is 5.56 Å². The molecular weight excluding hydrogens is 430 g/mol. The number of ether oxygens (including phenoxy) is 2. The Morgan fingerprint density at radius 2 is 1.78 bits per heavy atom. The van der Waals surface area contributed by atoms with Gasteiger partial charge < -0.3 is 14.8 Å². The third-order valence-corrected chi connectivity index (χ3v) is 5.33. The average molecular weight is 450 g/mol. The summed E-state index contributed by atoms with van der Waals surface area (Å²) in [5.41, 5.74) is 2.34. The summed E-state index contributed by atoms with van der Waals surface area (Å²) in [6, 6.07) is 15.6. The van der Waals surface area contributed by atoms with Gasteiger partial charge in [-0.05, 0) is 47.5 Å². The maximum absolute atomic E-state index is 13.4. The fourth-order valence-corrected chi connectivity index (χ4v) is 3.68. The van der Waals surface area contributed by atoms with E-state index in [9.17, 15) is 9.59 Å². The molecule has 0 saturated heterocycles. The lowest BCUT2D eigenvalue weighted by atomic mass is 10.0. The van der Waals surface area contributed by atoms with Crippen LogP contribution in [0.4, 0.5) is 5.69 Å². The smallest absolute Gasteiger partial charge is 0.278 e. The van der Waals surface area contributed by atoms with E-state index in [1.807, 2.05) is 6.07 Å². The van der Waals surface area contributed by atoms with Crippen molar-refractivity contribution in [2.75, 3.05) is 19.5 Å². The number of carbonyl (C=O) groups is 2. The number of imide groups is 1. The van der Waals surface area contributed by atoms with Crippen LogP contribution in [0.25, 0.3) is 5.57 Å². The first-order valence-electron chi connectivity index (χ1n) is 9.76. The van der Waals surface area contributed by atoms with E-state index < -0.39 is 11.8 Å². The molecule has 0 unspecified atom stereocenters.